The van der Waals surface area contributed by atoms with E-state index in [0.717, 1.165) is 0 Å². The van der Waals surface area contributed by atoms with Gasteiger partial charge in [-0.3, -0.25) is 14.5 Å². The van der Waals surface area contributed by atoms with E-state index in [9.17, 15) is 19.5 Å². The van der Waals surface area contributed by atoms with Crippen molar-refractivity contribution in [1.29, 1.82) is 0 Å². The van der Waals surface area contributed by atoms with Crippen LogP contribution in [0.1, 0.15) is 27.2 Å². The van der Waals surface area contributed by atoms with E-state index < -0.39 is 23.5 Å². The third-order valence-corrected chi connectivity index (χ3v) is 4.81. The van der Waals surface area contributed by atoms with Crippen molar-refractivity contribution < 1.29 is 24.2 Å². The largest absolute Gasteiger partial charge is 0.465 e. The maximum Gasteiger partial charge on any atom is 0.407 e. The van der Waals surface area contributed by atoms with Crippen LogP contribution in [0, 0.1) is 11.8 Å². The molecule has 2 saturated heterocycles. The minimum Gasteiger partial charge on any atom is -0.465 e. The van der Waals surface area contributed by atoms with Gasteiger partial charge in [0.05, 0.1) is 24.0 Å². The zero-order chi connectivity index (χ0) is 16.9. The Balaban J connectivity index is 1.61. The molecule has 3 rings (SSSR count). The highest BCUT2D eigenvalue weighted by Gasteiger charge is 2.60. The predicted octanol–water partition coefficient (Wildman–Crippen LogP) is 1.09. The average molecular weight is 322 g/mol. The summed E-state index contributed by atoms with van der Waals surface area (Å²) >= 11 is 0. The van der Waals surface area contributed by atoms with Gasteiger partial charge in [0.2, 0.25) is 11.8 Å². The van der Waals surface area contributed by atoms with Crippen molar-refractivity contribution in [2.24, 2.45) is 11.8 Å². The molecule has 3 heterocycles. The van der Waals surface area contributed by atoms with Gasteiger partial charge in [-0.2, -0.15) is 0 Å². The smallest absolute Gasteiger partial charge is 0.407 e. The standard InChI is InChI=1S/C16H22N2O5/c1-16(2,3)18(15(21)22)8-4-7-17-13(19)11-9-5-6-10(23-9)12(11)14(17)20/h5-6,9-12H,4,7-8H2,1-3H3,(H,21,22)/t9?,10?,11-,12+. The minimum atomic E-state index is -0.996. The van der Waals surface area contributed by atoms with Crippen molar-refractivity contribution in [3.63, 3.8) is 0 Å². The number of carbonyl (C=O) groups is 3. The summed E-state index contributed by atoms with van der Waals surface area (Å²) in [7, 11) is 0. The van der Waals surface area contributed by atoms with E-state index in [1.807, 2.05) is 32.9 Å². The van der Waals surface area contributed by atoms with Gasteiger partial charge in [0.1, 0.15) is 0 Å². The number of hydrogen-bond acceptors (Lipinski definition) is 4. The first-order valence-corrected chi connectivity index (χ1v) is 7.91. The highest BCUT2D eigenvalue weighted by atomic mass is 16.5. The Labute approximate surface area is 134 Å². The van der Waals surface area contributed by atoms with Crippen LogP contribution in [0.15, 0.2) is 12.2 Å². The zero-order valence-corrected chi connectivity index (χ0v) is 13.6. The summed E-state index contributed by atoms with van der Waals surface area (Å²) in [5.74, 6) is -1.16. The van der Waals surface area contributed by atoms with E-state index in [2.05, 4.69) is 0 Å². The van der Waals surface area contributed by atoms with Crippen molar-refractivity contribution in [2.75, 3.05) is 13.1 Å². The van der Waals surface area contributed by atoms with Crippen LogP contribution < -0.4 is 0 Å². The molecule has 3 aliphatic heterocycles. The predicted molar refractivity (Wildman–Crippen MR) is 80.6 cm³/mol. The number of rotatable bonds is 4. The van der Waals surface area contributed by atoms with E-state index in [0.29, 0.717) is 6.42 Å². The highest BCUT2D eigenvalue weighted by molar-refractivity contribution is 6.06. The van der Waals surface area contributed by atoms with Crippen molar-refractivity contribution in [3.8, 4) is 0 Å². The number of amides is 3. The van der Waals surface area contributed by atoms with E-state index in [1.54, 1.807) is 0 Å². The Bertz CT molecular complexity index is 550. The van der Waals surface area contributed by atoms with Gasteiger partial charge < -0.3 is 14.7 Å². The first-order chi connectivity index (χ1) is 10.7. The molecular formula is C16H22N2O5. The second kappa shape index (κ2) is 5.33. The summed E-state index contributed by atoms with van der Waals surface area (Å²) < 4.78 is 5.58. The second-order valence-corrected chi connectivity index (χ2v) is 7.29. The van der Waals surface area contributed by atoms with Crippen LogP contribution >= 0.6 is 0 Å². The van der Waals surface area contributed by atoms with Gasteiger partial charge in [-0.25, -0.2) is 4.79 Å². The fraction of sp³-hybridized carbons (Fsp3) is 0.688. The summed E-state index contributed by atoms with van der Waals surface area (Å²) in [5, 5.41) is 9.27. The molecule has 0 aromatic carbocycles. The van der Waals surface area contributed by atoms with E-state index in [-0.39, 0.29) is 37.1 Å². The van der Waals surface area contributed by atoms with E-state index >= 15 is 0 Å². The molecule has 2 bridgehead atoms. The number of ether oxygens (including phenoxy) is 1. The van der Waals surface area contributed by atoms with Crippen molar-refractivity contribution in [3.05, 3.63) is 12.2 Å². The van der Waals surface area contributed by atoms with Crippen LogP contribution in [0.4, 0.5) is 4.79 Å². The fourth-order valence-corrected chi connectivity index (χ4v) is 3.69. The van der Waals surface area contributed by atoms with Gasteiger partial charge in [0.15, 0.2) is 0 Å². The van der Waals surface area contributed by atoms with Gasteiger partial charge in [0, 0.05) is 18.6 Å². The molecule has 0 aromatic heterocycles. The molecule has 7 nitrogen and oxygen atoms in total. The molecule has 0 aliphatic carbocycles. The van der Waals surface area contributed by atoms with Crippen LogP contribution in [0.5, 0.6) is 0 Å². The molecule has 1 N–H and O–H groups in total. The molecular weight excluding hydrogens is 300 g/mol. The molecule has 23 heavy (non-hydrogen) atoms. The first-order valence-electron chi connectivity index (χ1n) is 7.91. The first kappa shape index (κ1) is 16.0. The van der Waals surface area contributed by atoms with Gasteiger partial charge >= 0.3 is 6.09 Å². The third-order valence-electron chi connectivity index (χ3n) is 4.81. The SMILES string of the molecule is CC(C)(C)N(CCCN1C(=O)[C@@H]2C3C=CC(O3)[C@@H]2C1=O)C(=O)O. The number of likely N-dealkylation sites (tertiary alicyclic amines) is 1. The molecule has 4 atom stereocenters. The monoisotopic (exact) mass is 322 g/mol. The lowest BCUT2D eigenvalue weighted by Gasteiger charge is -2.33. The van der Waals surface area contributed by atoms with Crippen molar-refractivity contribution in [1.82, 2.24) is 9.80 Å². The Morgan fingerprint density at radius 1 is 1.22 bits per heavy atom. The molecule has 2 fully saturated rings. The molecule has 7 heteroatoms. The van der Waals surface area contributed by atoms with Gasteiger partial charge in [-0.1, -0.05) is 12.2 Å². The van der Waals surface area contributed by atoms with Crippen LogP contribution in [-0.4, -0.2) is 63.7 Å². The van der Waals surface area contributed by atoms with Crippen molar-refractivity contribution in [2.45, 2.75) is 44.9 Å². The third kappa shape index (κ3) is 2.52. The normalized spacial score (nSPS) is 31.9. The lowest BCUT2D eigenvalue weighted by Crippen LogP contribution is -2.46. The second-order valence-electron chi connectivity index (χ2n) is 7.29. The molecule has 0 saturated carbocycles. The zero-order valence-electron chi connectivity index (χ0n) is 13.6. The summed E-state index contributed by atoms with van der Waals surface area (Å²) in [6.45, 7) is 5.99. The van der Waals surface area contributed by atoms with Gasteiger partial charge in [-0.15, -0.1) is 0 Å². The molecule has 3 aliphatic rings. The molecule has 3 amide bonds. The Morgan fingerprint density at radius 2 is 1.74 bits per heavy atom. The number of carboxylic acid groups (broad SMARTS) is 1. The fourth-order valence-electron chi connectivity index (χ4n) is 3.69. The molecule has 0 spiro atoms. The van der Waals surface area contributed by atoms with Crippen LogP contribution in [-0.2, 0) is 14.3 Å². The van der Waals surface area contributed by atoms with Crippen LogP contribution in [0.3, 0.4) is 0 Å². The van der Waals surface area contributed by atoms with E-state index in [1.165, 1.54) is 9.80 Å². The number of hydrogen-bond donors (Lipinski definition) is 1. The lowest BCUT2D eigenvalue weighted by molar-refractivity contribution is -0.142. The highest BCUT2D eigenvalue weighted by Crippen LogP contribution is 2.45. The number of imide groups is 1. The number of fused-ring (bicyclic) bond motifs is 5. The van der Waals surface area contributed by atoms with Crippen LogP contribution in [0.25, 0.3) is 0 Å². The van der Waals surface area contributed by atoms with Gasteiger partial charge in [0.25, 0.3) is 0 Å². The minimum absolute atomic E-state index is 0.186. The maximum absolute atomic E-state index is 12.5. The number of carbonyl (C=O) groups excluding carboxylic acids is 2. The summed E-state index contributed by atoms with van der Waals surface area (Å²) in [6, 6.07) is 0. The molecule has 0 aromatic rings. The van der Waals surface area contributed by atoms with E-state index in [4.69, 9.17) is 4.74 Å². The molecule has 0 radical (unpaired) electrons. The summed E-state index contributed by atoms with van der Waals surface area (Å²) in [6.07, 6.45) is 2.58. The molecule has 2 unspecified atom stereocenters. The average Bonchev–Trinajstić information content (AvgIpc) is 3.09. The Kier molecular flexibility index (Phi) is 3.71. The topological polar surface area (TPSA) is 87.2 Å². The molecule has 126 valence electrons. The quantitative estimate of drug-likeness (QED) is 0.618. The summed E-state index contributed by atoms with van der Waals surface area (Å²) in [4.78, 5) is 38.8. The lowest BCUT2D eigenvalue weighted by atomic mass is 9.85. The maximum atomic E-state index is 12.5. The number of nitrogens with zero attached hydrogens (tertiary/aromatic N) is 2. The Morgan fingerprint density at radius 3 is 2.17 bits per heavy atom. The Hall–Kier alpha value is -1.89. The van der Waals surface area contributed by atoms with Gasteiger partial charge in [-0.05, 0) is 27.2 Å². The van der Waals surface area contributed by atoms with Crippen molar-refractivity contribution >= 4 is 17.9 Å². The van der Waals surface area contributed by atoms with Crippen LogP contribution in [0.2, 0.25) is 0 Å². The summed E-state index contributed by atoms with van der Waals surface area (Å²) in [5.41, 5.74) is -0.516.